The molecule has 0 saturated heterocycles. The number of ether oxygens (including phenoxy) is 1. The second-order valence-corrected chi connectivity index (χ2v) is 9.29. The van der Waals surface area contributed by atoms with Gasteiger partial charge in [-0.15, -0.1) is 0 Å². The van der Waals surface area contributed by atoms with Crippen LogP contribution in [0.4, 0.5) is 22.0 Å². The van der Waals surface area contributed by atoms with E-state index in [0.29, 0.717) is 51.9 Å². The van der Waals surface area contributed by atoms with E-state index in [9.17, 15) is 14.4 Å². The topological polar surface area (TPSA) is 164 Å². The van der Waals surface area contributed by atoms with E-state index in [2.05, 4.69) is 35.6 Å². The predicted molar refractivity (Wildman–Crippen MR) is 150 cm³/mol. The van der Waals surface area contributed by atoms with Gasteiger partial charge in [0.15, 0.2) is 0 Å². The summed E-state index contributed by atoms with van der Waals surface area (Å²) in [4.78, 5) is 48.8. The smallest absolute Gasteiger partial charge is 0.411 e. The zero-order valence-electron chi connectivity index (χ0n) is 20.8. The Hall–Kier alpha value is -4.35. The highest BCUT2D eigenvalue weighted by Crippen LogP contribution is 2.35. The van der Waals surface area contributed by atoms with Crippen LogP contribution < -0.4 is 21.7 Å². The van der Waals surface area contributed by atoms with Crippen LogP contribution in [0.3, 0.4) is 0 Å². The van der Waals surface area contributed by atoms with Crippen molar-refractivity contribution in [2.24, 2.45) is 0 Å². The molecule has 39 heavy (non-hydrogen) atoms. The number of anilines is 3. The van der Waals surface area contributed by atoms with Crippen LogP contribution in [0.5, 0.6) is 0 Å². The number of amides is 3. The third-order valence-corrected chi connectivity index (χ3v) is 6.19. The van der Waals surface area contributed by atoms with E-state index < -0.39 is 18.0 Å². The van der Waals surface area contributed by atoms with Crippen LogP contribution in [-0.2, 0) is 14.3 Å². The summed E-state index contributed by atoms with van der Waals surface area (Å²) in [6.45, 7) is 0. The average molecular weight is 570 g/mol. The summed E-state index contributed by atoms with van der Waals surface area (Å²) in [6.07, 6.45) is 8.42. The molecule has 0 aliphatic carbocycles. The van der Waals surface area contributed by atoms with E-state index in [-0.39, 0.29) is 23.3 Å². The van der Waals surface area contributed by atoms with E-state index in [1.807, 2.05) is 12.2 Å². The number of nitrogens with one attached hydrogen (secondary N) is 4. The number of benzene rings is 1. The van der Waals surface area contributed by atoms with Gasteiger partial charge in [-0.05, 0) is 43.2 Å². The number of hydrogen-bond donors (Lipinski definition) is 5. The van der Waals surface area contributed by atoms with E-state index >= 15 is 0 Å². The highest BCUT2D eigenvalue weighted by atomic mass is 35.5. The summed E-state index contributed by atoms with van der Waals surface area (Å²) in [5.74, 6) is 0.0234. The van der Waals surface area contributed by atoms with Crippen LogP contribution in [-0.4, -0.2) is 40.0 Å². The lowest BCUT2D eigenvalue weighted by molar-refractivity contribution is -0.117. The molecule has 11 nitrogen and oxygen atoms in total. The number of aromatic amines is 1. The van der Waals surface area contributed by atoms with Crippen molar-refractivity contribution in [3.8, 4) is 11.3 Å². The number of nitrogens with two attached hydrogens (primary N) is 1. The molecule has 3 amide bonds. The Morgan fingerprint density at radius 2 is 2.05 bits per heavy atom. The molecular weight excluding hydrogens is 545 g/mol. The molecule has 13 heteroatoms. The lowest BCUT2D eigenvalue weighted by Gasteiger charge is -2.14. The van der Waals surface area contributed by atoms with Crippen molar-refractivity contribution in [1.29, 1.82) is 0 Å². The van der Waals surface area contributed by atoms with Gasteiger partial charge < -0.3 is 26.1 Å². The first-order valence-electron chi connectivity index (χ1n) is 11.8. The van der Waals surface area contributed by atoms with Gasteiger partial charge in [0, 0.05) is 35.5 Å². The van der Waals surface area contributed by atoms with Gasteiger partial charge in [-0.3, -0.25) is 14.9 Å². The maximum absolute atomic E-state index is 12.8. The number of imidazole rings is 1. The first kappa shape index (κ1) is 27.7. The number of carbonyl (C=O) groups excluding carboxylic acids is 3. The van der Waals surface area contributed by atoms with Gasteiger partial charge in [0.05, 0.1) is 23.9 Å². The number of H-pyrrole nitrogens is 1. The largest absolute Gasteiger partial charge is 0.453 e. The Morgan fingerprint density at radius 3 is 2.85 bits per heavy atom. The van der Waals surface area contributed by atoms with Gasteiger partial charge in [0.1, 0.15) is 22.5 Å². The number of methoxy groups -OCH3 is 1. The fourth-order valence-corrected chi connectivity index (χ4v) is 4.22. The molecule has 0 spiro atoms. The molecule has 202 valence electrons. The third-order valence-electron chi connectivity index (χ3n) is 5.71. The Labute approximate surface area is 233 Å². The number of nitrogens with zero attached hydrogens (tertiary/aromatic N) is 2. The van der Waals surface area contributed by atoms with Crippen molar-refractivity contribution in [2.75, 3.05) is 23.5 Å². The molecule has 1 aliphatic rings. The van der Waals surface area contributed by atoms with Gasteiger partial charge in [-0.1, -0.05) is 35.4 Å². The molecular formula is C26H25Cl2N7O4. The summed E-state index contributed by atoms with van der Waals surface area (Å²) in [5.41, 5.74) is 8.05. The number of aromatic nitrogens is 3. The molecule has 2 aromatic heterocycles. The highest BCUT2D eigenvalue weighted by Gasteiger charge is 2.22. The van der Waals surface area contributed by atoms with Crippen LogP contribution in [0.15, 0.2) is 48.7 Å². The molecule has 0 radical (unpaired) electrons. The first-order valence-corrected chi connectivity index (χ1v) is 12.6. The average Bonchev–Trinajstić information content (AvgIpc) is 3.29. The lowest BCUT2D eigenvalue weighted by atomic mass is 10.1. The summed E-state index contributed by atoms with van der Waals surface area (Å²) in [7, 11) is 1.25. The molecule has 1 atom stereocenters. The molecule has 2 bridgehead atoms. The quantitative estimate of drug-likeness (QED) is 0.215. The lowest BCUT2D eigenvalue weighted by Crippen LogP contribution is -2.27. The Balaban J connectivity index is 1.65. The maximum atomic E-state index is 12.8. The minimum absolute atomic E-state index is 0.211. The second-order valence-electron chi connectivity index (χ2n) is 8.48. The fourth-order valence-electron chi connectivity index (χ4n) is 3.81. The van der Waals surface area contributed by atoms with Crippen molar-refractivity contribution in [1.82, 2.24) is 20.3 Å². The van der Waals surface area contributed by atoms with Gasteiger partial charge in [0.25, 0.3) is 0 Å². The predicted octanol–water partition coefficient (Wildman–Crippen LogP) is 5.09. The number of fused-ring (bicyclic) bond motifs is 4. The number of rotatable bonds is 4. The van der Waals surface area contributed by atoms with E-state index in [1.165, 1.54) is 25.5 Å². The van der Waals surface area contributed by atoms with Gasteiger partial charge in [0.2, 0.25) is 11.8 Å². The van der Waals surface area contributed by atoms with Crippen LogP contribution in [0.25, 0.3) is 17.3 Å². The number of nitrogen functional groups attached to an aromatic ring is 1. The Kier molecular flexibility index (Phi) is 8.84. The molecule has 4 rings (SSSR count). The van der Waals surface area contributed by atoms with Crippen molar-refractivity contribution >= 4 is 64.4 Å². The van der Waals surface area contributed by atoms with Crippen molar-refractivity contribution in [2.45, 2.75) is 25.3 Å². The molecule has 6 N–H and O–H groups in total. The van der Waals surface area contributed by atoms with E-state index in [0.717, 1.165) is 0 Å². The minimum atomic E-state index is -0.655. The van der Waals surface area contributed by atoms with Crippen LogP contribution >= 0.6 is 23.2 Å². The van der Waals surface area contributed by atoms with Crippen LogP contribution in [0.1, 0.15) is 36.7 Å². The maximum Gasteiger partial charge on any atom is 0.411 e. The van der Waals surface area contributed by atoms with Crippen LogP contribution in [0, 0.1) is 0 Å². The summed E-state index contributed by atoms with van der Waals surface area (Å²) in [5, 5.41) is 8.95. The monoisotopic (exact) mass is 569 g/mol. The second kappa shape index (κ2) is 12.5. The molecule has 3 heterocycles. The highest BCUT2D eigenvalue weighted by molar-refractivity contribution is 6.32. The summed E-state index contributed by atoms with van der Waals surface area (Å²) < 4.78 is 4.65. The fraction of sp³-hybridized carbons (Fsp3) is 0.192. The first-order chi connectivity index (χ1) is 18.7. The molecule has 3 aromatic rings. The molecule has 1 aromatic carbocycles. The van der Waals surface area contributed by atoms with Crippen molar-refractivity contribution in [3.63, 3.8) is 0 Å². The molecule has 0 fully saturated rings. The number of pyridine rings is 1. The zero-order chi connectivity index (χ0) is 27.9. The summed E-state index contributed by atoms with van der Waals surface area (Å²) in [6, 6.07) is 5.93. The molecule has 1 unspecified atom stereocenters. The normalized spacial score (nSPS) is 15.4. The SMILES string of the molecule is COC(=O)Nc1ccc2c(c1)NC(=O)CCC=CCC(NC(=O)C=Cc1cc(Cl)cnc1N)c1nc-2c(Cl)[nH]1. The van der Waals surface area contributed by atoms with E-state index in [1.54, 1.807) is 24.3 Å². The Morgan fingerprint density at radius 1 is 1.23 bits per heavy atom. The van der Waals surface area contributed by atoms with Crippen LogP contribution in [0.2, 0.25) is 10.2 Å². The standard InChI is InChI=1S/C26H25Cl2N7O4/c1-39-26(38)31-16-8-9-17-19(12-16)33-20(36)6-4-2-3-5-18(25-34-22(17)23(28)35-25)32-21(37)10-7-14-11-15(27)13-30-24(14)29/h2-3,7-13,18H,4-6H2,1H3,(H2,29,30)(H,31,38)(H,32,37)(H,33,36)(H,34,35). The minimum Gasteiger partial charge on any atom is -0.453 e. The number of allylic oxidation sites excluding steroid dienone is 1. The van der Waals surface area contributed by atoms with Crippen molar-refractivity contribution < 1.29 is 19.1 Å². The van der Waals surface area contributed by atoms with Gasteiger partial charge in [-0.2, -0.15) is 0 Å². The Bertz CT molecular complexity index is 1470. The summed E-state index contributed by atoms with van der Waals surface area (Å²) >= 11 is 12.5. The molecule has 1 aliphatic heterocycles. The zero-order valence-corrected chi connectivity index (χ0v) is 22.3. The third kappa shape index (κ3) is 7.15. The number of hydrogen-bond acceptors (Lipinski definition) is 7. The molecule has 0 saturated carbocycles. The van der Waals surface area contributed by atoms with Gasteiger partial charge in [-0.25, -0.2) is 14.8 Å². The van der Waals surface area contributed by atoms with E-state index in [4.69, 9.17) is 28.9 Å². The van der Waals surface area contributed by atoms with Gasteiger partial charge >= 0.3 is 6.09 Å². The van der Waals surface area contributed by atoms with Crippen molar-refractivity contribution in [3.05, 3.63) is 70.3 Å². The number of carbonyl (C=O) groups is 3. The number of halogens is 2.